The van der Waals surface area contributed by atoms with E-state index in [9.17, 15) is 0 Å². The minimum absolute atomic E-state index is 1.03. The highest BCUT2D eigenvalue weighted by atomic mass is 15.1. The van der Waals surface area contributed by atoms with E-state index in [1.54, 1.807) is 0 Å². The molecular formula is C8H10N2. The molecule has 2 heteroatoms. The van der Waals surface area contributed by atoms with Crippen LogP contribution in [-0.2, 0) is 6.54 Å². The van der Waals surface area contributed by atoms with Crippen LogP contribution in [0.2, 0.25) is 0 Å². The first-order chi connectivity index (χ1) is 4.97. The van der Waals surface area contributed by atoms with Crippen molar-refractivity contribution < 1.29 is 0 Å². The summed E-state index contributed by atoms with van der Waals surface area (Å²) in [5.41, 5.74) is 0. The van der Waals surface area contributed by atoms with Crippen LogP contribution in [0.3, 0.4) is 0 Å². The lowest BCUT2D eigenvalue weighted by atomic mass is 10.2. The number of nitrogens with zero attached hydrogens (tertiary/aromatic N) is 2. The smallest absolute Gasteiger partial charge is 0.116 e. The highest BCUT2D eigenvalue weighted by Crippen LogP contribution is 2.13. The van der Waals surface area contributed by atoms with Gasteiger partial charge in [0.15, 0.2) is 0 Å². The predicted octanol–water partition coefficient (Wildman–Crippen LogP) is 1.50. The van der Waals surface area contributed by atoms with E-state index in [0.29, 0.717) is 0 Å². The van der Waals surface area contributed by atoms with Gasteiger partial charge in [0.2, 0.25) is 0 Å². The molecule has 2 nitrogen and oxygen atoms in total. The zero-order chi connectivity index (χ0) is 6.81. The zero-order valence-corrected chi connectivity index (χ0v) is 5.88. The van der Waals surface area contributed by atoms with Gasteiger partial charge < -0.3 is 4.57 Å². The van der Waals surface area contributed by atoms with E-state index < -0.39 is 0 Å². The van der Waals surface area contributed by atoms with Gasteiger partial charge in [0.25, 0.3) is 0 Å². The van der Waals surface area contributed by atoms with Crippen LogP contribution in [-0.4, -0.2) is 9.55 Å². The molecule has 1 aliphatic heterocycles. The maximum Gasteiger partial charge on any atom is 0.116 e. The molecule has 0 aromatic carbocycles. The van der Waals surface area contributed by atoms with E-state index in [1.165, 1.54) is 12.8 Å². The van der Waals surface area contributed by atoms with Crippen LogP contribution in [0.4, 0.5) is 0 Å². The molecule has 1 aliphatic rings. The largest absolute Gasteiger partial charge is 0.334 e. The molecule has 2 radical (unpaired) electrons. The highest BCUT2D eigenvalue weighted by Gasteiger charge is 2.06. The summed E-state index contributed by atoms with van der Waals surface area (Å²) in [5.74, 6) is 1.03. The van der Waals surface area contributed by atoms with Gasteiger partial charge in [0, 0.05) is 18.9 Å². The Kier molecular flexibility index (Phi) is 1.46. The second kappa shape index (κ2) is 2.45. The third-order valence-electron chi connectivity index (χ3n) is 1.82. The van der Waals surface area contributed by atoms with E-state index in [4.69, 9.17) is 0 Å². The maximum atomic E-state index is 4.17. The molecule has 1 aromatic rings. The monoisotopic (exact) mass is 134 g/mol. The Balaban J connectivity index is 2.28. The zero-order valence-electron chi connectivity index (χ0n) is 5.88. The quantitative estimate of drug-likeness (QED) is 0.525. The molecule has 0 saturated heterocycles. The summed E-state index contributed by atoms with van der Waals surface area (Å²) >= 11 is 0. The minimum Gasteiger partial charge on any atom is -0.334 e. The van der Waals surface area contributed by atoms with Crippen molar-refractivity contribution in [3.8, 4) is 0 Å². The topological polar surface area (TPSA) is 17.8 Å². The lowest BCUT2D eigenvalue weighted by Crippen LogP contribution is -1.97. The molecule has 1 aromatic heterocycles. The molecule has 0 N–H and O–H groups in total. The van der Waals surface area contributed by atoms with E-state index in [0.717, 1.165) is 18.8 Å². The van der Waals surface area contributed by atoms with Crippen molar-refractivity contribution in [2.45, 2.75) is 25.8 Å². The number of aromatic nitrogens is 2. The van der Waals surface area contributed by atoms with Gasteiger partial charge >= 0.3 is 0 Å². The van der Waals surface area contributed by atoms with Gasteiger partial charge in [-0.2, -0.15) is 0 Å². The molecule has 0 bridgehead atoms. The molecule has 0 spiro atoms. The molecule has 10 heavy (non-hydrogen) atoms. The molecule has 0 atom stereocenters. The molecule has 2 heterocycles. The molecular weight excluding hydrogens is 124 g/mol. The first-order valence-electron chi connectivity index (χ1n) is 3.72. The van der Waals surface area contributed by atoms with Gasteiger partial charge in [-0.1, -0.05) is 6.42 Å². The predicted molar refractivity (Wildman–Crippen MR) is 38.4 cm³/mol. The summed E-state index contributed by atoms with van der Waals surface area (Å²) in [6.07, 6.45) is 10.7. The molecule has 0 amide bonds. The number of aryl methyl sites for hydroxylation is 1. The average Bonchev–Trinajstić information content (AvgIpc) is 2.28. The molecule has 0 saturated carbocycles. The summed E-state index contributed by atoms with van der Waals surface area (Å²) in [7, 11) is 0. The Hall–Kier alpha value is -0.790. The van der Waals surface area contributed by atoms with E-state index in [-0.39, 0.29) is 0 Å². The molecule has 0 fully saturated rings. The fraction of sp³-hybridized carbons (Fsp3) is 0.500. The van der Waals surface area contributed by atoms with Crippen molar-refractivity contribution in [1.29, 1.82) is 0 Å². The minimum atomic E-state index is 1.03. The lowest BCUT2D eigenvalue weighted by Gasteiger charge is -1.98. The van der Waals surface area contributed by atoms with E-state index in [2.05, 4.69) is 16.0 Å². The number of imidazole rings is 1. The third kappa shape index (κ3) is 0.939. The third-order valence-corrected chi connectivity index (χ3v) is 1.82. The number of fused-ring (bicyclic) bond motifs is 1. The lowest BCUT2D eigenvalue weighted by molar-refractivity contribution is 0.635. The van der Waals surface area contributed by atoms with Crippen LogP contribution in [0.5, 0.6) is 0 Å². The SMILES string of the molecule is [C]1CCCCn2ccnc21. The van der Waals surface area contributed by atoms with E-state index in [1.807, 2.05) is 12.4 Å². The molecule has 52 valence electrons. The van der Waals surface area contributed by atoms with Crippen LogP contribution in [0.25, 0.3) is 0 Å². The summed E-state index contributed by atoms with van der Waals surface area (Å²) in [4.78, 5) is 4.17. The second-order valence-corrected chi connectivity index (χ2v) is 2.58. The maximum absolute atomic E-state index is 4.17. The molecule has 0 aliphatic carbocycles. The van der Waals surface area contributed by atoms with Crippen molar-refractivity contribution in [2.24, 2.45) is 0 Å². The summed E-state index contributed by atoms with van der Waals surface area (Å²) in [5, 5.41) is 0. The Morgan fingerprint density at radius 3 is 3.50 bits per heavy atom. The normalized spacial score (nSPS) is 18.0. The Labute approximate surface area is 60.9 Å². The number of hydrogen-bond acceptors (Lipinski definition) is 1. The fourth-order valence-corrected chi connectivity index (χ4v) is 1.26. The van der Waals surface area contributed by atoms with Gasteiger partial charge in [0.05, 0.1) is 6.42 Å². The molecule has 0 unspecified atom stereocenters. The van der Waals surface area contributed by atoms with Crippen molar-refractivity contribution >= 4 is 0 Å². The first-order valence-corrected chi connectivity index (χ1v) is 3.72. The van der Waals surface area contributed by atoms with Gasteiger partial charge in [-0.3, -0.25) is 0 Å². The van der Waals surface area contributed by atoms with Gasteiger partial charge in [-0.05, 0) is 12.8 Å². The first kappa shape index (κ1) is 5.96. The summed E-state index contributed by atoms with van der Waals surface area (Å²) in [6.45, 7) is 1.11. The number of rotatable bonds is 0. The van der Waals surface area contributed by atoms with Gasteiger partial charge in [-0.15, -0.1) is 0 Å². The van der Waals surface area contributed by atoms with E-state index >= 15 is 0 Å². The van der Waals surface area contributed by atoms with Crippen LogP contribution < -0.4 is 0 Å². The van der Waals surface area contributed by atoms with Crippen molar-refractivity contribution in [1.82, 2.24) is 9.55 Å². The van der Waals surface area contributed by atoms with Crippen molar-refractivity contribution in [3.63, 3.8) is 0 Å². The van der Waals surface area contributed by atoms with Crippen LogP contribution >= 0.6 is 0 Å². The summed E-state index contributed by atoms with van der Waals surface area (Å²) < 4.78 is 2.16. The second-order valence-electron chi connectivity index (χ2n) is 2.58. The Morgan fingerprint density at radius 2 is 2.50 bits per heavy atom. The van der Waals surface area contributed by atoms with Crippen LogP contribution in [0, 0.1) is 6.42 Å². The summed E-state index contributed by atoms with van der Waals surface area (Å²) in [6, 6.07) is 0. The van der Waals surface area contributed by atoms with Crippen molar-refractivity contribution in [2.75, 3.05) is 0 Å². The highest BCUT2D eigenvalue weighted by molar-refractivity contribution is 5.05. The van der Waals surface area contributed by atoms with Gasteiger partial charge in [-0.25, -0.2) is 4.98 Å². The van der Waals surface area contributed by atoms with Crippen LogP contribution in [0.1, 0.15) is 25.1 Å². The molecule has 2 rings (SSSR count). The standard InChI is InChI=1S/C8H10N2/c1-2-4-8-9-5-7-10(8)6-3-1/h5,7H,1-3,6H2. The average molecular weight is 134 g/mol. The Bertz CT molecular complexity index is 194. The van der Waals surface area contributed by atoms with Gasteiger partial charge in [0.1, 0.15) is 5.82 Å². The van der Waals surface area contributed by atoms with Crippen LogP contribution in [0.15, 0.2) is 12.4 Å². The fourth-order valence-electron chi connectivity index (χ4n) is 1.26. The van der Waals surface area contributed by atoms with Crippen molar-refractivity contribution in [3.05, 3.63) is 24.6 Å². The number of hydrogen-bond donors (Lipinski definition) is 0. The Morgan fingerprint density at radius 1 is 1.50 bits per heavy atom.